The van der Waals surface area contributed by atoms with Crippen LogP contribution in [0, 0.1) is 0 Å². The fourth-order valence-electron chi connectivity index (χ4n) is 4.62. The Labute approximate surface area is 233 Å². The Morgan fingerprint density at radius 3 is 2.37 bits per heavy atom. The van der Waals surface area contributed by atoms with Gasteiger partial charge in [-0.25, -0.2) is 0 Å². The number of fused-ring (bicyclic) bond motifs is 1. The van der Waals surface area contributed by atoms with E-state index in [-0.39, 0.29) is 35.5 Å². The molecule has 14 heteroatoms. The van der Waals surface area contributed by atoms with Gasteiger partial charge in [0.15, 0.2) is 0 Å². The van der Waals surface area contributed by atoms with Gasteiger partial charge in [0.05, 0.1) is 29.2 Å². The number of carbonyl (C=O) groups is 3. The van der Waals surface area contributed by atoms with Gasteiger partial charge in [0.2, 0.25) is 5.91 Å². The Morgan fingerprint density at radius 1 is 0.951 bits per heavy atom. The Bertz CT molecular complexity index is 1560. The van der Waals surface area contributed by atoms with E-state index in [1.54, 1.807) is 24.3 Å². The Balaban J connectivity index is 1.35. The molecular formula is C27H21F6N3O4S. The quantitative estimate of drug-likeness (QED) is 0.282. The normalized spacial score (nSPS) is 17.8. The molecule has 2 saturated heterocycles. The number of thioether (sulfide) groups is 1. The lowest BCUT2D eigenvalue weighted by Gasteiger charge is -2.28. The smallest absolute Gasteiger partial charge is 0.378 e. The summed E-state index contributed by atoms with van der Waals surface area (Å²) in [6.45, 7) is 0.804. The molecule has 41 heavy (non-hydrogen) atoms. The molecule has 0 N–H and O–H groups in total. The molecule has 2 aliphatic rings. The number of ether oxygens (including phenoxy) is 1. The van der Waals surface area contributed by atoms with Crippen molar-refractivity contribution in [1.82, 2.24) is 14.4 Å². The van der Waals surface area contributed by atoms with Crippen molar-refractivity contribution < 1.29 is 45.5 Å². The number of carbonyl (C=O) groups excluding carboxylic acids is 3. The van der Waals surface area contributed by atoms with Crippen molar-refractivity contribution in [1.29, 1.82) is 0 Å². The van der Waals surface area contributed by atoms with Gasteiger partial charge in [-0.3, -0.25) is 19.3 Å². The molecule has 0 atom stereocenters. The molecule has 3 amide bonds. The summed E-state index contributed by atoms with van der Waals surface area (Å²) in [5.41, 5.74) is -2.03. The molecule has 7 nitrogen and oxygen atoms in total. The van der Waals surface area contributed by atoms with Gasteiger partial charge in [0, 0.05) is 36.7 Å². The van der Waals surface area contributed by atoms with E-state index in [9.17, 15) is 40.7 Å². The number of halogens is 6. The van der Waals surface area contributed by atoms with Crippen LogP contribution in [0.2, 0.25) is 0 Å². The van der Waals surface area contributed by atoms with E-state index in [4.69, 9.17) is 4.74 Å². The van der Waals surface area contributed by atoms with Crippen molar-refractivity contribution in [3.63, 3.8) is 0 Å². The van der Waals surface area contributed by atoms with Crippen LogP contribution in [-0.2, 0) is 33.2 Å². The van der Waals surface area contributed by atoms with Gasteiger partial charge in [0.25, 0.3) is 11.1 Å². The third kappa shape index (κ3) is 6.12. The lowest BCUT2D eigenvalue weighted by Crippen LogP contribution is -2.46. The van der Waals surface area contributed by atoms with Crippen molar-refractivity contribution in [2.75, 3.05) is 32.8 Å². The summed E-state index contributed by atoms with van der Waals surface area (Å²) < 4.78 is 86.5. The molecule has 0 bridgehead atoms. The lowest BCUT2D eigenvalue weighted by atomic mass is 10.0. The lowest BCUT2D eigenvalue weighted by molar-refractivity contribution is -0.143. The first-order valence-electron chi connectivity index (χ1n) is 12.3. The Hall–Kier alpha value is -3.78. The van der Waals surface area contributed by atoms with Crippen molar-refractivity contribution in [3.8, 4) is 0 Å². The van der Waals surface area contributed by atoms with Crippen LogP contribution < -0.4 is 0 Å². The highest BCUT2D eigenvalue weighted by Gasteiger charge is 2.39. The van der Waals surface area contributed by atoms with E-state index in [0.717, 1.165) is 11.0 Å². The first-order valence-corrected chi connectivity index (χ1v) is 13.1. The number of benzene rings is 2. The zero-order chi connectivity index (χ0) is 29.5. The highest BCUT2D eigenvalue weighted by molar-refractivity contribution is 8.18. The van der Waals surface area contributed by atoms with Crippen molar-refractivity contribution in [3.05, 3.63) is 75.8 Å². The molecule has 0 unspecified atom stereocenters. The largest absolute Gasteiger partial charge is 0.416 e. The molecule has 1 aromatic heterocycles. The van der Waals surface area contributed by atoms with Crippen LogP contribution in [0.4, 0.5) is 31.1 Å². The fourth-order valence-corrected chi connectivity index (χ4v) is 5.46. The van der Waals surface area contributed by atoms with Gasteiger partial charge in [-0.05, 0) is 59.3 Å². The summed E-state index contributed by atoms with van der Waals surface area (Å²) in [4.78, 5) is 40.3. The number of imide groups is 1. The van der Waals surface area contributed by atoms with Crippen molar-refractivity contribution in [2.24, 2.45) is 0 Å². The SMILES string of the molecule is O=C(CN1C(=O)S/C(=C\c2ccc3c(ccn3Cc3ccc(C(F)(F)F)cc3C(F)(F)F)c2)C1=O)N1CCOCC1. The predicted molar refractivity (Wildman–Crippen MR) is 138 cm³/mol. The third-order valence-electron chi connectivity index (χ3n) is 6.71. The Kier molecular flexibility index (Phi) is 7.64. The summed E-state index contributed by atoms with van der Waals surface area (Å²) in [5, 5.41) is 0.0213. The second-order valence-corrected chi connectivity index (χ2v) is 10.4. The van der Waals surface area contributed by atoms with Gasteiger partial charge in [-0.15, -0.1) is 0 Å². The van der Waals surface area contributed by atoms with E-state index in [1.807, 2.05) is 0 Å². The number of hydrogen-bond acceptors (Lipinski definition) is 5. The fraction of sp³-hybridized carbons (Fsp3) is 0.296. The number of morpholine rings is 1. The maximum Gasteiger partial charge on any atom is 0.416 e. The first kappa shape index (κ1) is 28.7. The molecule has 5 rings (SSSR count). The molecular weight excluding hydrogens is 576 g/mol. The van der Waals surface area contributed by atoms with Crippen LogP contribution in [0.1, 0.15) is 22.3 Å². The van der Waals surface area contributed by atoms with Crippen molar-refractivity contribution in [2.45, 2.75) is 18.9 Å². The molecule has 2 aromatic carbocycles. The van der Waals surface area contributed by atoms with Gasteiger partial charge < -0.3 is 14.2 Å². The molecule has 3 aromatic rings. The Morgan fingerprint density at radius 2 is 1.68 bits per heavy atom. The molecule has 0 radical (unpaired) electrons. The number of rotatable bonds is 5. The minimum Gasteiger partial charge on any atom is -0.378 e. The highest BCUT2D eigenvalue weighted by Crippen LogP contribution is 2.38. The van der Waals surface area contributed by atoms with Crippen molar-refractivity contribution >= 4 is 45.8 Å². The van der Waals surface area contributed by atoms with Crippen LogP contribution in [0.25, 0.3) is 17.0 Å². The second-order valence-electron chi connectivity index (χ2n) is 9.39. The molecule has 216 valence electrons. The van der Waals surface area contributed by atoms with Gasteiger partial charge in [0.1, 0.15) is 6.54 Å². The third-order valence-corrected chi connectivity index (χ3v) is 7.61. The minimum atomic E-state index is -4.98. The number of alkyl halides is 6. The minimum absolute atomic E-state index is 0.112. The molecule has 0 spiro atoms. The van der Waals surface area contributed by atoms with Crippen LogP contribution in [0.15, 0.2) is 53.6 Å². The van der Waals surface area contributed by atoms with Crippen LogP contribution in [0.5, 0.6) is 0 Å². The summed E-state index contributed by atoms with van der Waals surface area (Å²) in [5.74, 6) is -0.970. The van der Waals surface area contributed by atoms with Gasteiger partial charge in [-0.2, -0.15) is 26.3 Å². The molecule has 0 saturated carbocycles. The van der Waals surface area contributed by atoms with E-state index >= 15 is 0 Å². The van der Waals surface area contributed by atoms with Crippen LogP contribution in [-0.4, -0.2) is 64.3 Å². The standard InChI is InChI=1S/C27H21F6N3O4S/c28-26(29,30)19-3-2-18(20(13-19)27(31,32)33)14-35-6-5-17-11-16(1-4-21(17)35)12-22-24(38)36(25(39)41-22)15-23(37)34-7-9-40-10-8-34/h1-6,11-13H,7-10,14-15H2/b22-12-. The summed E-state index contributed by atoms with van der Waals surface area (Å²) >= 11 is 0.696. The first-order chi connectivity index (χ1) is 19.3. The summed E-state index contributed by atoms with van der Waals surface area (Å²) in [7, 11) is 0. The predicted octanol–water partition coefficient (Wildman–Crippen LogP) is 5.62. The zero-order valence-electron chi connectivity index (χ0n) is 21.1. The van der Waals surface area contributed by atoms with Gasteiger partial charge in [-0.1, -0.05) is 12.1 Å². The summed E-state index contributed by atoms with van der Waals surface area (Å²) in [6.07, 6.45) is -6.90. The van der Waals surface area contributed by atoms with E-state index in [0.29, 0.717) is 60.6 Å². The van der Waals surface area contributed by atoms with Crippen LogP contribution in [0.3, 0.4) is 0 Å². The van der Waals surface area contributed by atoms with E-state index in [1.165, 1.54) is 21.7 Å². The monoisotopic (exact) mass is 597 g/mol. The molecule has 2 fully saturated rings. The maximum absolute atomic E-state index is 13.6. The number of aromatic nitrogens is 1. The van der Waals surface area contributed by atoms with E-state index in [2.05, 4.69) is 0 Å². The number of hydrogen-bond donors (Lipinski definition) is 0. The summed E-state index contributed by atoms with van der Waals surface area (Å²) in [6, 6.07) is 8.04. The molecule has 3 heterocycles. The van der Waals surface area contributed by atoms with Gasteiger partial charge >= 0.3 is 12.4 Å². The molecule has 0 aliphatic carbocycles. The zero-order valence-corrected chi connectivity index (χ0v) is 21.9. The highest BCUT2D eigenvalue weighted by atomic mass is 32.2. The number of nitrogens with zero attached hydrogens (tertiary/aromatic N) is 3. The topological polar surface area (TPSA) is 71.9 Å². The number of amides is 3. The maximum atomic E-state index is 13.6. The second kappa shape index (κ2) is 10.9. The van der Waals surface area contributed by atoms with Crippen LogP contribution >= 0.6 is 11.8 Å². The average Bonchev–Trinajstić information content (AvgIpc) is 3.43. The molecule has 2 aliphatic heterocycles. The van der Waals surface area contributed by atoms with E-state index < -0.39 is 34.6 Å². The average molecular weight is 598 g/mol.